The van der Waals surface area contributed by atoms with Gasteiger partial charge in [-0.2, -0.15) is 9.40 Å². The third-order valence-electron chi connectivity index (χ3n) is 5.50. The van der Waals surface area contributed by atoms with Crippen LogP contribution in [0.25, 0.3) is 0 Å². The second-order valence-corrected chi connectivity index (χ2v) is 9.12. The van der Waals surface area contributed by atoms with Crippen LogP contribution in [-0.4, -0.2) is 96.2 Å². The number of rotatable bonds is 6. The fourth-order valence-electron chi connectivity index (χ4n) is 3.96. The number of carboxylic acids is 1. The maximum absolute atomic E-state index is 12.8. The fourth-order valence-corrected chi connectivity index (χ4v) is 5.38. The number of carboxylic acid groups (broad SMARTS) is 1. The Balaban J connectivity index is 1.73. The van der Waals surface area contributed by atoms with Crippen LogP contribution in [0.4, 0.5) is 0 Å². The first-order chi connectivity index (χ1) is 12.4. The lowest BCUT2D eigenvalue weighted by Gasteiger charge is -2.46. The first kappa shape index (κ1) is 19.3. The van der Waals surface area contributed by atoms with Gasteiger partial charge in [0.2, 0.25) is 10.0 Å². The van der Waals surface area contributed by atoms with E-state index in [9.17, 15) is 13.2 Å². The second-order valence-electron chi connectivity index (χ2n) is 7.18. The molecule has 26 heavy (non-hydrogen) atoms. The highest BCUT2D eigenvalue weighted by Gasteiger charge is 2.38. The summed E-state index contributed by atoms with van der Waals surface area (Å²) in [6.45, 7) is 4.67. The second kappa shape index (κ2) is 8.03. The molecule has 3 rings (SSSR count). The van der Waals surface area contributed by atoms with E-state index in [1.807, 2.05) is 0 Å². The number of aliphatic carboxylic acids is 1. The van der Waals surface area contributed by atoms with E-state index in [1.54, 1.807) is 0 Å². The SMILES string of the molecule is CN1CCN([C@H]2CCN(S(=O)(=O)c3cn[nH]c3)C[C@H]2CCC(=O)O)CC1. The number of nitrogens with one attached hydrogen (secondary N) is 1. The van der Waals surface area contributed by atoms with Crippen LogP contribution < -0.4 is 0 Å². The van der Waals surface area contributed by atoms with Crippen molar-refractivity contribution in [3.05, 3.63) is 12.4 Å². The monoisotopic (exact) mass is 385 g/mol. The van der Waals surface area contributed by atoms with Crippen molar-refractivity contribution in [2.45, 2.75) is 30.2 Å². The molecule has 2 fully saturated rings. The zero-order valence-corrected chi connectivity index (χ0v) is 15.9. The van der Waals surface area contributed by atoms with E-state index in [-0.39, 0.29) is 23.3 Å². The van der Waals surface area contributed by atoms with Crippen LogP contribution >= 0.6 is 0 Å². The number of piperazine rings is 1. The van der Waals surface area contributed by atoms with Gasteiger partial charge < -0.3 is 10.0 Å². The van der Waals surface area contributed by atoms with Crippen molar-refractivity contribution in [1.29, 1.82) is 0 Å². The van der Waals surface area contributed by atoms with E-state index in [4.69, 9.17) is 5.11 Å². The Morgan fingerprint density at radius 1 is 1.31 bits per heavy atom. The van der Waals surface area contributed by atoms with E-state index in [0.717, 1.165) is 32.6 Å². The van der Waals surface area contributed by atoms with Crippen molar-refractivity contribution >= 4 is 16.0 Å². The Morgan fingerprint density at radius 2 is 2.04 bits per heavy atom. The summed E-state index contributed by atoms with van der Waals surface area (Å²) in [5, 5.41) is 15.4. The molecule has 2 atom stereocenters. The van der Waals surface area contributed by atoms with Crippen molar-refractivity contribution in [1.82, 2.24) is 24.3 Å². The molecule has 0 saturated carbocycles. The normalized spacial score (nSPS) is 26.8. The number of hydrogen-bond acceptors (Lipinski definition) is 6. The average Bonchev–Trinajstić information content (AvgIpc) is 3.16. The Hall–Kier alpha value is -1.49. The van der Waals surface area contributed by atoms with Crippen LogP contribution in [0, 0.1) is 5.92 Å². The zero-order valence-electron chi connectivity index (χ0n) is 15.0. The van der Waals surface area contributed by atoms with Gasteiger partial charge in [0.05, 0.1) is 6.20 Å². The first-order valence-corrected chi connectivity index (χ1v) is 10.5. The smallest absolute Gasteiger partial charge is 0.303 e. The highest BCUT2D eigenvalue weighted by molar-refractivity contribution is 7.89. The molecule has 0 radical (unpaired) electrons. The molecule has 2 N–H and O–H groups in total. The summed E-state index contributed by atoms with van der Waals surface area (Å²) in [4.78, 5) is 15.9. The Morgan fingerprint density at radius 3 is 2.65 bits per heavy atom. The third-order valence-corrected chi connectivity index (χ3v) is 7.33. The fraction of sp³-hybridized carbons (Fsp3) is 0.750. The van der Waals surface area contributed by atoms with Crippen molar-refractivity contribution in [2.75, 3.05) is 46.3 Å². The number of piperidine rings is 1. The average molecular weight is 385 g/mol. The molecular weight excluding hydrogens is 358 g/mol. The van der Waals surface area contributed by atoms with Crippen LogP contribution in [0.5, 0.6) is 0 Å². The summed E-state index contributed by atoms with van der Waals surface area (Å²) in [5.74, 6) is -0.818. The van der Waals surface area contributed by atoms with E-state index in [2.05, 4.69) is 27.0 Å². The van der Waals surface area contributed by atoms with Crippen LogP contribution in [-0.2, 0) is 14.8 Å². The Labute approximate surface area is 154 Å². The van der Waals surface area contributed by atoms with Gasteiger partial charge in [-0.15, -0.1) is 0 Å². The predicted octanol–water partition coefficient (Wildman–Crippen LogP) is -0.0989. The lowest BCUT2D eigenvalue weighted by molar-refractivity contribution is -0.137. The van der Waals surface area contributed by atoms with Crippen molar-refractivity contribution < 1.29 is 18.3 Å². The first-order valence-electron chi connectivity index (χ1n) is 9.01. The molecule has 2 aliphatic heterocycles. The molecule has 2 aliphatic rings. The van der Waals surface area contributed by atoms with Crippen LogP contribution in [0.2, 0.25) is 0 Å². The van der Waals surface area contributed by atoms with Crippen molar-refractivity contribution in [3.63, 3.8) is 0 Å². The number of aromatic amines is 1. The van der Waals surface area contributed by atoms with Gasteiger partial charge in [0, 0.05) is 57.9 Å². The van der Waals surface area contributed by atoms with E-state index in [1.165, 1.54) is 16.7 Å². The van der Waals surface area contributed by atoms with E-state index in [0.29, 0.717) is 19.5 Å². The summed E-state index contributed by atoms with van der Waals surface area (Å²) in [7, 11) is -1.49. The van der Waals surface area contributed by atoms with Crippen molar-refractivity contribution in [3.8, 4) is 0 Å². The number of H-pyrrole nitrogens is 1. The van der Waals surface area contributed by atoms with Gasteiger partial charge in [-0.25, -0.2) is 8.42 Å². The van der Waals surface area contributed by atoms with Gasteiger partial charge >= 0.3 is 5.97 Å². The molecule has 3 heterocycles. The Bertz CT molecular complexity index is 700. The summed E-state index contributed by atoms with van der Waals surface area (Å²) < 4.78 is 27.1. The van der Waals surface area contributed by atoms with Gasteiger partial charge in [-0.05, 0) is 25.8 Å². The van der Waals surface area contributed by atoms with Gasteiger partial charge in [-0.1, -0.05) is 0 Å². The van der Waals surface area contributed by atoms with Gasteiger partial charge in [0.25, 0.3) is 0 Å². The maximum atomic E-state index is 12.8. The van der Waals surface area contributed by atoms with Crippen LogP contribution in [0.15, 0.2) is 17.3 Å². The minimum absolute atomic E-state index is 0.0185. The highest BCUT2D eigenvalue weighted by Crippen LogP contribution is 2.30. The molecule has 10 heteroatoms. The summed E-state index contributed by atoms with van der Waals surface area (Å²) in [6, 6.07) is 0.235. The zero-order chi connectivity index (χ0) is 18.7. The van der Waals surface area contributed by atoms with Gasteiger partial charge in [-0.3, -0.25) is 14.8 Å². The molecule has 146 valence electrons. The topological polar surface area (TPSA) is 110 Å². The maximum Gasteiger partial charge on any atom is 0.303 e. The van der Waals surface area contributed by atoms with Gasteiger partial charge in [0.15, 0.2) is 0 Å². The number of carbonyl (C=O) groups is 1. The number of hydrogen-bond donors (Lipinski definition) is 2. The molecule has 0 aliphatic carbocycles. The Kier molecular flexibility index (Phi) is 5.96. The molecule has 1 aromatic rings. The molecule has 9 nitrogen and oxygen atoms in total. The summed E-state index contributed by atoms with van der Waals surface area (Å²) in [6.07, 6.45) is 3.98. The van der Waals surface area contributed by atoms with Gasteiger partial charge in [0.1, 0.15) is 4.90 Å². The lowest BCUT2D eigenvalue weighted by atomic mass is 9.87. The number of aromatic nitrogens is 2. The van der Waals surface area contributed by atoms with Crippen molar-refractivity contribution in [2.24, 2.45) is 5.92 Å². The van der Waals surface area contributed by atoms with E-state index >= 15 is 0 Å². The third kappa shape index (κ3) is 4.25. The summed E-state index contributed by atoms with van der Waals surface area (Å²) >= 11 is 0. The molecule has 0 amide bonds. The molecule has 0 spiro atoms. The molecule has 1 aromatic heterocycles. The van der Waals surface area contributed by atoms with E-state index < -0.39 is 16.0 Å². The number of likely N-dealkylation sites (N-methyl/N-ethyl adjacent to an activating group) is 1. The predicted molar refractivity (Wildman–Crippen MR) is 95.2 cm³/mol. The lowest BCUT2D eigenvalue weighted by Crippen LogP contribution is -2.56. The molecule has 2 saturated heterocycles. The molecular formula is C16H27N5O4S. The summed E-state index contributed by atoms with van der Waals surface area (Å²) in [5.41, 5.74) is 0. The molecule has 0 bridgehead atoms. The minimum Gasteiger partial charge on any atom is -0.481 e. The van der Waals surface area contributed by atoms with Crippen LogP contribution in [0.1, 0.15) is 19.3 Å². The molecule has 0 aromatic carbocycles. The molecule has 0 unspecified atom stereocenters. The number of nitrogens with zero attached hydrogens (tertiary/aromatic N) is 4. The quantitative estimate of drug-likeness (QED) is 0.704. The highest BCUT2D eigenvalue weighted by atomic mass is 32.2. The largest absolute Gasteiger partial charge is 0.481 e. The van der Waals surface area contributed by atoms with Crippen LogP contribution in [0.3, 0.4) is 0 Å². The standard InChI is InChI=1S/C16H27N5O4S/c1-19-6-8-20(9-7-19)15-4-5-21(12-13(15)2-3-16(22)23)26(24,25)14-10-17-18-11-14/h10-11,13,15H,2-9,12H2,1H3,(H,17,18)(H,22,23)/t13-,15+/m1/s1. The number of sulfonamides is 1. The minimum atomic E-state index is -3.59.